The highest BCUT2D eigenvalue weighted by atomic mass is 16.6. The second-order valence-electron chi connectivity index (χ2n) is 6.75. The molecule has 3 rings (SSSR count). The first-order chi connectivity index (χ1) is 10.6. The number of hydrogen-bond acceptors (Lipinski definition) is 4. The zero-order valence-corrected chi connectivity index (χ0v) is 14.1. The van der Waals surface area contributed by atoms with Gasteiger partial charge in [-0.1, -0.05) is 0 Å². The average Bonchev–Trinajstić information content (AvgIpc) is 2.74. The maximum atomic E-state index is 5.73. The monoisotopic (exact) mass is 304 g/mol. The highest BCUT2D eigenvalue weighted by molar-refractivity contribution is 5.47. The molecule has 22 heavy (non-hydrogen) atoms. The minimum atomic E-state index is 0.656. The molecular formula is C18H28N2O2. The van der Waals surface area contributed by atoms with E-state index in [1.165, 1.54) is 43.5 Å². The van der Waals surface area contributed by atoms with Crippen molar-refractivity contribution >= 4 is 0 Å². The number of ether oxygens (including phenoxy) is 2. The Balaban J connectivity index is 1.68. The summed E-state index contributed by atoms with van der Waals surface area (Å²) >= 11 is 0. The van der Waals surface area contributed by atoms with E-state index in [-0.39, 0.29) is 0 Å². The summed E-state index contributed by atoms with van der Waals surface area (Å²) in [5.41, 5.74) is 2.67. The second kappa shape index (κ2) is 6.88. The number of aryl methyl sites for hydroxylation is 1. The number of benzene rings is 1. The van der Waals surface area contributed by atoms with Gasteiger partial charge in [0.15, 0.2) is 11.5 Å². The molecule has 0 N–H and O–H groups in total. The lowest BCUT2D eigenvalue weighted by atomic mass is 10.1. The summed E-state index contributed by atoms with van der Waals surface area (Å²) in [6, 6.07) is 5.04. The fourth-order valence-electron chi connectivity index (χ4n) is 3.46. The maximum Gasteiger partial charge on any atom is 0.161 e. The lowest BCUT2D eigenvalue weighted by molar-refractivity contribution is 0.171. The minimum absolute atomic E-state index is 0.656. The van der Waals surface area contributed by atoms with Crippen LogP contribution in [0.5, 0.6) is 11.5 Å². The van der Waals surface area contributed by atoms with E-state index in [1.807, 2.05) is 0 Å². The van der Waals surface area contributed by atoms with Gasteiger partial charge in [0.05, 0.1) is 0 Å². The van der Waals surface area contributed by atoms with E-state index in [0.717, 1.165) is 24.1 Å². The Kier molecular flexibility index (Phi) is 4.89. The maximum absolute atomic E-state index is 5.73. The zero-order chi connectivity index (χ0) is 15.5. The zero-order valence-electron chi connectivity index (χ0n) is 14.1. The fourth-order valence-corrected chi connectivity index (χ4v) is 3.46. The predicted molar refractivity (Wildman–Crippen MR) is 88.8 cm³/mol. The number of nitrogens with zero attached hydrogens (tertiary/aromatic N) is 2. The Morgan fingerprint density at radius 3 is 2.55 bits per heavy atom. The summed E-state index contributed by atoms with van der Waals surface area (Å²) in [7, 11) is 4.40. The van der Waals surface area contributed by atoms with Crippen LogP contribution in [0.15, 0.2) is 12.1 Å². The van der Waals surface area contributed by atoms with Gasteiger partial charge in [-0.3, -0.25) is 4.90 Å². The molecule has 1 fully saturated rings. The Labute approximate surface area is 134 Å². The molecule has 1 aromatic carbocycles. The third-order valence-electron chi connectivity index (χ3n) is 4.92. The Morgan fingerprint density at radius 1 is 1.09 bits per heavy atom. The van der Waals surface area contributed by atoms with E-state index in [9.17, 15) is 0 Å². The largest absolute Gasteiger partial charge is 0.486 e. The highest BCUT2D eigenvalue weighted by Gasteiger charge is 2.20. The number of rotatable bonds is 3. The molecule has 0 radical (unpaired) electrons. The molecule has 0 spiro atoms. The van der Waals surface area contributed by atoms with Gasteiger partial charge in [0.25, 0.3) is 0 Å². The van der Waals surface area contributed by atoms with Gasteiger partial charge < -0.3 is 14.4 Å². The molecule has 1 atom stereocenters. The predicted octanol–water partition coefficient (Wildman–Crippen LogP) is 2.68. The highest BCUT2D eigenvalue weighted by Crippen LogP contribution is 2.33. The first-order valence-electron chi connectivity index (χ1n) is 8.41. The third-order valence-corrected chi connectivity index (χ3v) is 4.92. The van der Waals surface area contributed by atoms with Crippen LogP contribution in [0.4, 0.5) is 0 Å². The topological polar surface area (TPSA) is 24.9 Å². The number of likely N-dealkylation sites (tertiary alicyclic amines) is 1. The summed E-state index contributed by atoms with van der Waals surface area (Å²) in [5.74, 6) is 1.81. The summed E-state index contributed by atoms with van der Waals surface area (Å²) in [6.45, 7) is 6.87. The van der Waals surface area contributed by atoms with Crippen molar-refractivity contribution in [2.45, 2.75) is 38.8 Å². The van der Waals surface area contributed by atoms with Crippen molar-refractivity contribution in [2.24, 2.45) is 0 Å². The average molecular weight is 304 g/mol. The van der Waals surface area contributed by atoms with Crippen LogP contribution in [0.1, 0.15) is 30.4 Å². The van der Waals surface area contributed by atoms with Gasteiger partial charge in [0.2, 0.25) is 0 Å². The van der Waals surface area contributed by atoms with Crippen LogP contribution < -0.4 is 9.47 Å². The molecule has 0 unspecified atom stereocenters. The Bertz CT molecular complexity index is 516. The van der Waals surface area contributed by atoms with Crippen molar-refractivity contribution in [1.29, 1.82) is 0 Å². The van der Waals surface area contributed by atoms with Crippen LogP contribution in [0.25, 0.3) is 0 Å². The molecule has 4 nitrogen and oxygen atoms in total. The van der Waals surface area contributed by atoms with Gasteiger partial charge in [-0.2, -0.15) is 0 Å². The smallest absolute Gasteiger partial charge is 0.161 e. The molecule has 2 aliphatic heterocycles. The Morgan fingerprint density at radius 2 is 1.82 bits per heavy atom. The van der Waals surface area contributed by atoms with Gasteiger partial charge in [-0.05, 0) is 76.6 Å². The molecule has 2 heterocycles. The van der Waals surface area contributed by atoms with Crippen LogP contribution in [-0.4, -0.2) is 56.2 Å². The van der Waals surface area contributed by atoms with Gasteiger partial charge in [-0.25, -0.2) is 0 Å². The van der Waals surface area contributed by atoms with E-state index < -0.39 is 0 Å². The molecule has 1 aromatic rings. The van der Waals surface area contributed by atoms with Crippen LogP contribution in [0, 0.1) is 6.92 Å². The van der Waals surface area contributed by atoms with Crippen molar-refractivity contribution in [1.82, 2.24) is 9.80 Å². The van der Waals surface area contributed by atoms with Gasteiger partial charge in [0.1, 0.15) is 13.2 Å². The van der Waals surface area contributed by atoms with Crippen LogP contribution in [0.3, 0.4) is 0 Å². The third kappa shape index (κ3) is 3.55. The van der Waals surface area contributed by atoms with E-state index in [0.29, 0.717) is 13.2 Å². The molecule has 122 valence electrons. The molecule has 0 aliphatic carbocycles. The first kappa shape index (κ1) is 15.6. The standard InChI is InChI=1S/C18H28N2O2/c1-14-11-17-18(22-10-9-21-17)12-15(14)13-20-7-4-5-16(6-8-20)19(2)3/h11-12,16H,4-10,13H2,1-3H3/t16-/m0/s1. The van der Waals surface area contributed by atoms with Gasteiger partial charge >= 0.3 is 0 Å². The molecule has 4 heteroatoms. The molecule has 0 bridgehead atoms. The van der Waals surface area contributed by atoms with Crippen LogP contribution in [-0.2, 0) is 6.54 Å². The Hall–Kier alpha value is -1.26. The van der Waals surface area contributed by atoms with Crippen LogP contribution in [0.2, 0.25) is 0 Å². The number of hydrogen-bond donors (Lipinski definition) is 0. The van der Waals surface area contributed by atoms with E-state index in [4.69, 9.17) is 9.47 Å². The summed E-state index contributed by atoms with van der Waals surface area (Å²) in [6.07, 6.45) is 3.85. The van der Waals surface area contributed by atoms with E-state index in [1.54, 1.807) is 0 Å². The van der Waals surface area contributed by atoms with Crippen molar-refractivity contribution < 1.29 is 9.47 Å². The summed E-state index contributed by atoms with van der Waals surface area (Å²) in [4.78, 5) is 4.96. The normalized spacial score (nSPS) is 22.6. The van der Waals surface area contributed by atoms with Gasteiger partial charge in [0, 0.05) is 12.6 Å². The minimum Gasteiger partial charge on any atom is -0.486 e. The first-order valence-corrected chi connectivity index (χ1v) is 8.41. The molecule has 0 amide bonds. The SMILES string of the molecule is Cc1cc2c(cc1CN1CCC[C@H](N(C)C)CC1)OCCO2. The van der Waals surface area contributed by atoms with E-state index >= 15 is 0 Å². The fraction of sp³-hybridized carbons (Fsp3) is 0.667. The molecule has 1 saturated heterocycles. The summed E-state index contributed by atoms with van der Waals surface area (Å²) < 4.78 is 11.4. The lowest BCUT2D eigenvalue weighted by Gasteiger charge is -2.25. The van der Waals surface area contributed by atoms with Crippen molar-refractivity contribution in [3.8, 4) is 11.5 Å². The van der Waals surface area contributed by atoms with Crippen molar-refractivity contribution in [3.05, 3.63) is 23.3 Å². The molecule has 0 saturated carbocycles. The summed E-state index contributed by atoms with van der Waals surface area (Å²) in [5, 5.41) is 0. The van der Waals surface area contributed by atoms with Gasteiger partial charge in [-0.15, -0.1) is 0 Å². The van der Waals surface area contributed by atoms with Crippen LogP contribution >= 0.6 is 0 Å². The number of fused-ring (bicyclic) bond motifs is 1. The molecular weight excluding hydrogens is 276 g/mol. The lowest BCUT2D eigenvalue weighted by Crippen LogP contribution is -2.30. The second-order valence-corrected chi connectivity index (χ2v) is 6.75. The molecule has 0 aromatic heterocycles. The van der Waals surface area contributed by atoms with E-state index in [2.05, 4.69) is 43.0 Å². The van der Waals surface area contributed by atoms with Crippen molar-refractivity contribution in [2.75, 3.05) is 40.4 Å². The van der Waals surface area contributed by atoms with Crippen molar-refractivity contribution in [3.63, 3.8) is 0 Å². The quantitative estimate of drug-likeness (QED) is 0.857. The molecule has 2 aliphatic rings.